The third kappa shape index (κ3) is 46.9. The van der Waals surface area contributed by atoms with E-state index in [1.807, 2.05) is 0 Å². The van der Waals surface area contributed by atoms with E-state index in [4.69, 9.17) is 20.3 Å². The second-order valence-electron chi connectivity index (χ2n) is 19.8. The number of amidine groups is 2. The lowest BCUT2D eigenvalue weighted by Gasteiger charge is -2.34. The summed E-state index contributed by atoms with van der Waals surface area (Å²) in [5, 5.41) is 23.2. The van der Waals surface area contributed by atoms with E-state index in [9.17, 15) is 9.59 Å². The van der Waals surface area contributed by atoms with Crippen molar-refractivity contribution in [3.8, 4) is 0 Å². The van der Waals surface area contributed by atoms with Gasteiger partial charge in [0.25, 0.3) is 0 Å². The maximum Gasteiger partial charge on any atom is 0.306 e. The number of carbonyl (C=O) groups excluding carboxylic acids is 2. The van der Waals surface area contributed by atoms with E-state index in [-0.39, 0.29) is 11.9 Å². The van der Waals surface area contributed by atoms with E-state index in [1.165, 1.54) is 154 Å². The Labute approximate surface area is 429 Å². The minimum Gasteiger partial charge on any atom is -0.466 e. The molecular weight excluding hydrogens is 885 g/mol. The molecule has 400 valence electrons. The SMILES string of the molecule is CCCCCCCCCCCCCCCCOC(=O)CCSCCCC(=N)NCCCN1CCN(CCCNC(=N)CCCSCCC(=O)OCCCCCCCCCCCCCCCC)CC1. The van der Waals surface area contributed by atoms with Gasteiger partial charge in [0.05, 0.1) is 37.7 Å². The lowest BCUT2D eigenvalue weighted by atomic mass is 10.0. The number of esters is 2. The van der Waals surface area contributed by atoms with Crippen LogP contribution in [0.1, 0.15) is 245 Å². The number of nitrogens with zero attached hydrogens (tertiary/aromatic N) is 2. The molecule has 0 amide bonds. The van der Waals surface area contributed by atoms with E-state index in [2.05, 4.69) is 34.3 Å². The summed E-state index contributed by atoms with van der Waals surface area (Å²) in [4.78, 5) is 29.3. The van der Waals surface area contributed by atoms with Gasteiger partial charge in [-0.2, -0.15) is 23.5 Å². The molecule has 0 atom stereocenters. The topological polar surface area (TPSA) is 131 Å². The van der Waals surface area contributed by atoms with Gasteiger partial charge in [-0.25, -0.2) is 0 Å². The number of unbranched alkanes of at least 4 members (excludes halogenated alkanes) is 26. The Morgan fingerprint density at radius 2 is 0.691 bits per heavy atom. The highest BCUT2D eigenvalue weighted by atomic mass is 32.2. The van der Waals surface area contributed by atoms with Crippen molar-refractivity contribution < 1.29 is 19.1 Å². The van der Waals surface area contributed by atoms with Crippen molar-refractivity contribution in [2.24, 2.45) is 0 Å². The summed E-state index contributed by atoms with van der Waals surface area (Å²) >= 11 is 3.58. The Balaban J connectivity index is 1.81. The van der Waals surface area contributed by atoms with Gasteiger partial charge in [-0.1, -0.05) is 181 Å². The first-order valence-electron chi connectivity index (χ1n) is 29.0. The van der Waals surface area contributed by atoms with Crippen LogP contribution in [0.4, 0.5) is 0 Å². The zero-order valence-electron chi connectivity index (χ0n) is 44.7. The maximum atomic E-state index is 12.1. The van der Waals surface area contributed by atoms with Crippen LogP contribution in [0.25, 0.3) is 0 Å². The summed E-state index contributed by atoms with van der Waals surface area (Å²) in [6.07, 6.45) is 43.8. The molecule has 0 radical (unpaired) electrons. The maximum absolute atomic E-state index is 12.1. The van der Waals surface area contributed by atoms with Crippen molar-refractivity contribution in [1.82, 2.24) is 20.4 Å². The number of rotatable bonds is 52. The average Bonchev–Trinajstić information content (AvgIpc) is 3.34. The normalized spacial score (nSPS) is 13.2. The van der Waals surface area contributed by atoms with Crippen molar-refractivity contribution in [3.63, 3.8) is 0 Å². The highest BCUT2D eigenvalue weighted by molar-refractivity contribution is 7.99. The molecule has 68 heavy (non-hydrogen) atoms. The lowest BCUT2D eigenvalue weighted by molar-refractivity contribution is -0.144. The molecule has 0 bridgehead atoms. The highest BCUT2D eigenvalue weighted by Crippen LogP contribution is 2.16. The Bertz CT molecular complexity index is 1060. The summed E-state index contributed by atoms with van der Waals surface area (Å²) in [7, 11) is 0. The first kappa shape index (κ1) is 64.5. The molecule has 1 rings (SSSR count). The Morgan fingerprint density at radius 3 is 1.00 bits per heavy atom. The number of nitrogens with one attached hydrogen (secondary N) is 4. The summed E-state index contributed by atoms with van der Waals surface area (Å²) in [6.45, 7) is 13.9. The first-order chi connectivity index (χ1) is 33.4. The molecule has 0 aromatic rings. The summed E-state index contributed by atoms with van der Waals surface area (Å²) in [5.74, 6) is 4.67. The molecule has 1 saturated heterocycles. The number of piperazine rings is 1. The van der Waals surface area contributed by atoms with E-state index in [0.717, 1.165) is 140 Å². The van der Waals surface area contributed by atoms with Gasteiger partial charge in [-0.15, -0.1) is 0 Å². The van der Waals surface area contributed by atoms with Gasteiger partial charge in [-0.05, 0) is 63.1 Å². The number of thioether (sulfide) groups is 2. The highest BCUT2D eigenvalue weighted by Gasteiger charge is 2.16. The Kier molecular flexibility index (Phi) is 49.2. The van der Waals surface area contributed by atoms with Gasteiger partial charge in [0.2, 0.25) is 0 Å². The first-order valence-corrected chi connectivity index (χ1v) is 31.3. The zero-order chi connectivity index (χ0) is 49.1. The fourth-order valence-corrected chi connectivity index (χ4v) is 10.6. The number of hydrogen-bond acceptors (Lipinski definition) is 10. The van der Waals surface area contributed by atoms with Crippen LogP contribution in [0.5, 0.6) is 0 Å². The molecule has 1 aliphatic rings. The fraction of sp³-hybridized carbons (Fsp3) is 0.929. The predicted molar refractivity (Wildman–Crippen MR) is 298 cm³/mol. The largest absolute Gasteiger partial charge is 0.466 e. The monoisotopic (exact) mass is 995 g/mol. The van der Waals surface area contributed by atoms with Crippen LogP contribution in [0, 0.1) is 10.8 Å². The van der Waals surface area contributed by atoms with E-state index in [0.29, 0.717) is 37.7 Å². The fourth-order valence-electron chi connectivity index (χ4n) is 8.82. The molecule has 4 N–H and O–H groups in total. The van der Waals surface area contributed by atoms with Gasteiger partial charge in [0, 0.05) is 63.6 Å². The summed E-state index contributed by atoms with van der Waals surface area (Å²) < 4.78 is 10.9. The second-order valence-corrected chi connectivity index (χ2v) is 22.2. The summed E-state index contributed by atoms with van der Waals surface area (Å²) in [6, 6.07) is 0. The lowest BCUT2D eigenvalue weighted by Crippen LogP contribution is -2.47. The smallest absolute Gasteiger partial charge is 0.306 e. The zero-order valence-corrected chi connectivity index (χ0v) is 46.3. The second kappa shape index (κ2) is 51.8. The van der Waals surface area contributed by atoms with Crippen LogP contribution < -0.4 is 10.6 Å². The van der Waals surface area contributed by atoms with Crippen LogP contribution in [0.2, 0.25) is 0 Å². The molecule has 0 spiro atoms. The van der Waals surface area contributed by atoms with Crippen molar-refractivity contribution in [1.29, 1.82) is 10.8 Å². The van der Waals surface area contributed by atoms with Gasteiger partial charge in [0.15, 0.2) is 0 Å². The van der Waals surface area contributed by atoms with Gasteiger partial charge in [0.1, 0.15) is 0 Å². The Hall–Kier alpha value is -1.50. The third-order valence-corrected chi connectivity index (χ3v) is 15.4. The van der Waals surface area contributed by atoms with E-state index in [1.54, 1.807) is 23.5 Å². The van der Waals surface area contributed by atoms with Gasteiger partial charge >= 0.3 is 11.9 Å². The number of ether oxygens (including phenoxy) is 2. The third-order valence-electron chi connectivity index (χ3n) is 13.3. The van der Waals surface area contributed by atoms with Crippen LogP contribution >= 0.6 is 23.5 Å². The van der Waals surface area contributed by atoms with Crippen LogP contribution in [0.15, 0.2) is 0 Å². The quantitative estimate of drug-likeness (QED) is 0.0202. The van der Waals surface area contributed by atoms with Crippen LogP contribution in [-0.4, -0.2) is 122 Å². The molecule has 0 saturated carbocycles. The molecule has 1 aliphatic heterocycles. The number of carbonyl (C=O) groups is 2. The van der Waals surface area contributed by atoms with Crippen LogP contribution in [-0.2, 0) is 19.1 Å². The van der Waals surface area contributed by atoms with Crippen molar-refractivity contribution >= 4 is 47.1 Å². The molecule has 0 aromatic carbocycles. The minimum absolute atomic E-state index is 0.0656. The minimum atomic E-state index is -0.0656. The molecule has 12 heteroatoms. The van der Waals surface area contributed by atoms with Gasteiger partial charge in [-0.3, -0.25) is 20.4 Å². The van der Waals surface area contributed by atoms with E-state index >= 15 is 0 Å². The molecular formula is C56H110N6O4S2. The molecule has 0 aliphatic carbocycles. The molecule has 0 aromatic heterocycles. The van der Waals surface area contributed by atoms with Crippen molar-refractivity contribution in [2.75, 3.05) is 88.6 Å². The van der Waals surface area contributed by atoms with Gasteiger partial charge < -0.3 is 29.9 Å². The Morgan fingerprint density at radius 1 is 0.397 bits per heavy atom. The van der Waals surface area contributed by atoms with Crippen molar-refractivity contribution in [3.05, 3.63) is 0 Å². The summed E-state index contributed by atoms with van der Waals surface area (Å²) in [5.41, 5.74) is 0. The standard InChI is InChI=1S/C56H110N6O4S2/c1-3-5-7-9-11-13-15-17-19-21-23-25-27-29-47-65-55(63)37-51-67-49-31-35-53(57)59-39-33-41-61-43-45-62(46-44-61)42-34-40-60-54(58)36-32-50-68-52-38-56(64)66-48-30-28-26-24-22-20-18-16-14-12-10-8-6-4-2/h3-52H2,1-2H3,(H2,57,59)(H2,58,60). The molecule has 1 heterocycles. The van der Waals surface area contributed by atoms with E-state index < -0.39 is 0 Å². The average molecular weight is 996 g/mol. The van der Waals surface area contributed by atoms with Crippen molar-refractivity contribution in [2.45, 2.75) is 245 Å². The molecule has 1 fully saturated rings. The predicted octanol–water partition coefficient (Wildman–Crippen LogP) is 14.4. The molecule has 0 unspecified atom stereocenters. The molecule has 10 nitrogen and oxygen atoms in total. The number of hydrogen-bond donors (Lipinski definition) is 4. The van der Waals surface area contributed by atoms with Crippen LogP contribution in [0.3, 0.4) is 0 Å².